The first-order valence-corrected chi connectivity index (χ1v) is 8.30. The molecular weight excluding hydrogens is 324 g/mol. The summed E-state index contributed by atoms with van der Waals surface area (Å²) in [5.74, 6) is -0.628. The molecule has 9 heteroatoms. The molecule has 0 spiro atoms. The van der Waals surface area contributed by atoms with Crippen molar-refractivity contribution in [1.29, 1.82) is 0 Å². The maximum absolute atomic E-state index is 12.3. The largest absolute Gasteiger partial charge is 0.465 e. The van der Waals surface area contributed by atoms with Crippen molar-refractivity contribution in [2.75, 3.05) is 20.2 Å². The van der Waals surface area contributed by atoms with Crippen molar-refractivity contribution in [2.45, 2.75) is 23.8 Å². The fourth-order valence-electron chi connectivity index (χ4n) is 1.99. The third kappa shape index (κ3) is 3.92. The summed E-state index contributed by atoms with van der Waals surface area (Å²) in [4.78, 5) is 11.6. The lowest BCUT2D eigenvalue weighted by atomic mass is 10.1. The second-order valence-electron chi connectivity index (χ2n) is 4.27. The van der Waals surface area contributed by atoms with Gasteiger partial charge in [0.05, 0.1) is 7.11 Å². The molecule has 0 aromatic carbocycles. The number of halogens is 1. The fourth-order valence-corrected chi connectivity index (χ4v) is 4.59. The maximum atomic E-state index is 12.3. The Hall–Kier alpha value is -0.670. The molecule has 1 aliphatic rings. The van der Waals surface area contributed by atoms with E-state index in [4.69, 9.17) is 0 Å². The lowest BCUT2D eigenvalue weighted by Crippen LogP contribution is -2.45. The number of carbonyl (C=O) groups excluding carboxylic acids is 1. The van der Waals surface area contributed by atoms with Crippen molar-refractivity contribution >= 4 is 39.7 Å². The Kier molecular flexibility index (Phi) is 6.41. The van der Waals surface area contributed by atoms with Gasteiger partial charge in [-0.2, -0.15) is 0 Å². The summed E-state index contributed by atoms with van der Waals surface area (Å²) >= 11 is 1.06. The van der Waals surface area contributed by atoms with Crippen molar-refractivity contribution in [3.8, 4) is 0 Å². The lowest BCUT2D eigenvalue weighted by Gasteiger charge is -2.23. The molecule has 1 saturated heterocycles. The summed E-state index contributed by atoms with van der Waals surface area (Å²) in [5.41, 5.74) is 0. The van der Waals surface area contributed by atoms with Crippen LogP contribution in [-0.4, -0.2) is 40.6 Å². The molecule has 1 fully saturated rings. The molecule has 1 aromatic rings. The molecule has 1 aliphatic heterocycles. The molecule has 20 heavy (non-hydrogen) atoms. The molecule has 0 aliphatic carbocycles. The van der Waals surface area contributed by atoms with Crippen molar-refractivity contribution in [3.63, 3.8) is 0 Å². The zero-order valence-corrected chi connectivity index (χ0v) is 13.4. The van der Waals surface area contributed by atoms with Crippen LogP contribution in [0, 0.1) is 0 Å². The zero-order chi connectivity index (χ0) is 13.9. The van der Waals surface area contributed by atoms with Crippen molar-refractivity contribution in [2.24, 2.45) is 0 Å². The van der Waals surface area contributed by atoms with E-state index in [9.17, 15) is 13.2 Å². The number of nitrogens with one attached hydrogen (secondary N) is 2. The third-order valence-corrected chi connectivity index (χ3v) is 5.49. The van der Waals surface area contributed by atoms with E-state index in [1.807, 2.05) is 0 Å². The van der Waals surface area contributed by atoms with Gasteiger partial charge in [0, 0.05) is 12.6 Å². The number of thiophene rings is 1. The minimum atomic E-state index is -3.68. The number of ether oxygens (including phenoxy) is 1. The molecule has 1 atom stereocenters. The van der Waals surface area contributed by atoms with Gasteiger partial charge in [0.2, 0.25) is 10.0 Å². The predicted molar refractivity (Wildman–Crippen MR) is 79.1 cm³/mol. The van der Waals surface area contributed by atoms with Gasteiger partial charge in [-0.05, 0) is 30.8 Å². The smallest absolute Gasteiger partial charge is 0.349 e. The van der Waals surface area contributed by atoms with Crippen LogP contribution in [0.5, 0.6) is 0 Å². The van der Waals surface area contributed by atoms with Gasteiger partial charge in [0.25, 0.3) is 0 Å². The predicted octanol–water partition coefficient (Wildman–Crippen LogP) is 0.987. The van der Waals surface area contributed by atoms with Crippen LogP contribution >= 0.6 is 23.7 Å². The van der Waals surface area contributed by atoms with Gasteiger partial charge in [0.1, 0.15) is 9.77 Å². The Morgan fingerprint density at radius 2 is 2.30 bits per heavy atom. The van der Waals surface area contributed by atoms with E-state index in [0.717, 1.165) is 30.7 Å². The highest BCUT2D eigenvalue weighted by Crippen LogP contribution is 2.23. The highest BCUT2D eigenvalue weighted by Gasteiger charge is 2.27. The highest BCUT2D eigenvalue weighted by atomic mass is 35.5. The van der Waals surface area contributed by atoms with E-state index in [0.29, 0.717) is 6.54 Å². The number of hydrogen-bond donors (Lipinski definition) is 2. The summed E-state index contributed by atoms with van der Waals surface area (Å²) in [6.07, 6.45) is 1.73. The van der Waals surface area contributed by atoms with Gasteiger partial charge in [-0.25, -0.2) is 17.9 Å². The van der Waals surface area contributed by atoms with Crippen molar-refractivity contribution < 1.29 is 17.9 Å². The molecule has 0 radical (unpaired) electrons. The Balaban J connectivity index is 0.00000200. The fraction of sp³-hybridized carbons (Fsp3) is 0.545. The summed E-state index contributed by atoms with van der Waals surface area (Å²) < 4.78 is 31.7. The van der Waals surface area contributed by atoms with Crippen LogP contribution in [0.1, 0.15) is 22.5 Å². The molecule has 1 aromatic heterocycles. The standard InChI is InChI=1S/C11H16N2O4S2.ClH/c1-17-11(14)10-9(4-6-18-10)19(15,16)13-8-3-2-5-12-7-8;/h4,6,8,12-13H,2-3,5,7H2,1H3;1H/t8-;/m0./s1. The molecule has 0 amide bonds. The van der Waals surface area contributed by atoms with Crippen LogP contribution in [0.15, 0.2) is 16.3 Å². The first kappa shape index (κ1) is 17.4. The number of hydrogen-bond acceptors (Lipinski definition) is 6. The van der Waals surface area contributed by atoms with E-state index in [1.54, 1.807) is 5.38 Å². The minimum absolute atomic E-state index is 0. The van der Waals surface area contributed by atoms with Crippen LogP contribution in [0.25, 0.3) is 0 Å². The molecule has 2 heterocycles. The summed E-state index contributed by atoms with van der Waals surface area (Å²) in [5, 5.41) is 4.70. The monoisotopic (exact) mass is 340 g/mol. The lowest BCUT2D eigenvalue weighted by molar-refractivity contribution is 0.0602. The van der Waals surface area contributed by atoms with E-state index in [1.165, 1.54) is 13.2 Å². The number of esters is 1. The van der Waals surface area contributed by atoms with E-state index >= 15 is 0 Å². The third-order valence-electron chi connectivity index (χ3n) is 2.91. The number of rotatable bonds is 4. The van der Waals surface area contributed by atoms with Crippen LogP contribution in [-0.2, 0) is 14.8 Å². The molecule has 2 N–H and O–H groups in total. The van der Waals surface area contributed by atoms with Gasteiger partial charge in [-0.15, -0.1) is 23.7 Å². The molecule has 0 unspecified atom stereocenters. The average molecular weight is 341 g/mol. The highest BCUT2D eigenvalue weighted by molar-refractivity contribution is 7.89. The quantitative estimate of drug-likeness (QED) is 0.798. The number of piperidine rings is 1. The van der Waals surface area contributed by atoms with Crippen LogP contribution in [0.4, 0.5) is 0 Å². The Bertz CT molecular complexity index is 553. The maximum Gasteiger partial charge on any atom is 0.349 e. The second-order valence-corrected chi connectivity index (χ2v) is 6.87. The molecule has 0 bridgehead atoms. The van der Waals surface area contributed by atoms with E-state index < -0.39 is 16.0 Å². The van der Waals surface area contributed by atoms with Gasteiger partial charge < -0.3 is 10.1 Å². The molecule has 0 saturated carbocycles. The minimum Gasteiger partial charge on any atom is -0.465 e. The van der Waals surface area contributed by atoms with Crippen molar-refractivity contribution in [1.82, 2.24) is 10.0 Å². The zero-order valence-electron chi connectivity index (χ0n) is 10.9. The average Bonchev–Trinajstić information content (AvgIpc) is 2.88. The SMILES string of the molecule is COC(=O)c1sccc1S(=O)(=O)N[C@H]1CCCNC1.Cl. The number of sulfonamides is 1. The first-order chi connectivity index (χ1) is 9.04. The molecular formula is C11H17ClN2O4S2. The second kappa shape index (κ2) is 7.37. The van der Waals surface area contributed by atoms with E-state index in [2.05, 4.69) is 14.8 Å². The van der Waals surface area contributed by atoms with Crippen LogP contribution in [0.2, 0.25) is 0 Å². The van der Waals surface area contributed by atoms with E-state index in [-0.39, 0.29) is 28.2 Å². The van der Waals surface area contributed by atoms with Gasteiger partial charge in [-0.1, -0.05) is 0 Å². The molecule has 2 rings (SSSR count). The van der Waals surface area contributed by atoms with Gasteiger partial charge in [0.15, 0.2) is 0 Å². The van der Waals surface area contributed by atoms with Crippen molar-refractivity contribution in [3.05, 3.63) is 16.3 Å². The molecule has 6 nitrogen and oxygen atoms in total. The normalized spacial score (nSPS) is 19.1. The number of methoxy groups -OCH3 is 1. The Morgan fingerprint density at radius 1 is 1.55 bits per heavy atom. The molecule has 114 valence electrons. The van der Waals surface area contributed by atoms with Crippen LogP contribution < -0.4 is 10.0 Å². The Morgan fingerprint density at radius 3 is 2.90 bits per heavy atom. The Labute approximate surface area is 128 Å². The van der Waals surface area contributed by atoms with Gasteiger partial charge >= 0.3 is 5.97 Å². The summed E-state index contributed by atoms with van der Waals surface area (Å²) in [7, 11) is -2.45. The summed E-state index contributed by atoms with van der Waals surface area (Å²) in [6, 6.07) is 1.29. The first-order valence-electron chi connectivity index (χ1n) is 5.93. The number of carbonyl (C=O) groups is 1. The van der Waals surface area contributed by atoms with Crippen LogP contribution in [0.3, 0.4) is 0 Å². The topological polar surface area (TPSA) is 84.5 Å². The van der Waals surface area contributed by atoms with Gasteiger partial charge in [-0.3, -0.25) is 0 Å². The summed E-state index contributed by atoms with van der Waals surface area (Å²) in [6.45, 7) is 1.51.